The van der Waals surface area contributed by atoms with Crippen LogP contribution in [0.2, 0.25) is 36.5 Å². The predicted molar refractivity (Wildman–Crippen MR) is 79.4 cm³/mol. The zero-order chi connectivity index (χ0) is 9.41. The monoisotopic (exact) mass is 264 g/mol. The Morgan fingerprint density at radius 2 is 2.17 bits per heavy atom. The summed E-state index contributed by atoms with van der Waals surface area (Å²) in [7, 11) is 3.26. The second kappa shape index (κ2) is 3.81. The van der Waals surface area contributed by atoms with Gasteiger partial charge >= 0.3 is 0 Å². The highest BCUT2D eigenvalue weighted by molar-refractivity contribution is 7.69. The summed E-state index contributed by atoms with van der Waals surface area (Å²) in [5, 5.41) is 1.39. The molecule has 0 saturated carbocycles. The van der Waals surface area contributed by atoms with Gasteiger partial charge in [-0.2, -0.15) is 0 Å². The molecule has 72 valence electrons. The van der Waals surface area contributed by atoms with Gasteiger partial charge in [-0.15, -0.1) is 0 Å². The smallest absolute Gasteiger partial charge is 0.0304 e. The first-order chi connectivity index (χ1) is 5.46. The minimum atomic E-state index is -0.461. The molecule has 0 aromatic carbocycles. The fourth-order valence-corrected chi connectivity index (χ4v) is 100. The third kappa shape index (κ3) is 2.03. The van der Waals surface area contributed by atoms with Gasteiger partial charge in [0.1, 0.15) is 0 Å². The Bertz CT molecular complexity index is 173. The van der Waals surface area contributed by atoms with Crippen molar-refractivity contribution in [2.75, 3.05) is 0 Å². The third-order valence-electron chi connectivity index (χ3n) is 4.48. The van der Waals surface area contributed by atoms with Crippen molar-refractivity contribution in [3.63, 3.8) is 0 Å². The average molecular weight is 265 g/mol. The second-order valence-electron chi connectivity index (χ2n) is 5.45. The molecule has 0 aliphatic carbocycles. The van der Waals surface area contributed by atoms with E-state index in [2.05, 4.69) is 19.6 Å². The van der Waals surface area contributed by atoms with Gasteiger partial charge in [0, 0.05) is 42.5 Å². The molecule has 0 bridgehead atoms. The maximum absolute atomic E-state index is 2.80. The number of rotatable bonds is 2. The molecule has 1 saturated heterocycles. The van der Waals surface area contributed by atoms with E-state index in [0.29, 0.717) is 17.6 Å². The van der Waals surface area contributed by atoms with E-state index in [1.807, 2.05) is 6.04 Å². The first-order valence-electron chi connectivity index (χ1n) is 5.46. The molecule has 6 heteroatoms. The zero-order valence-corrected chi connectivity index (χ0v) is 18.2. The summed E-state index contributed by atoms with van der Waals surface area (Å²) < 4.78 is 0. The van der Waals surface area contributed by atoms with Crippen LogP contribution in [-0.2, 0) is 0 Å². The van der Waals surface area contributed by atoms with Gasteiger partial charge in [-0.05, 0) is 10.2 Å². The van der Waals surface area contributed by atoms with E-state index in [0.717, 1.165) is 0 Å². The van der Waals surface area contributed by atoms with E-state index in [9.17, 15) is 0 Å². The molecule has 3 unspecified atom stereocenters. The maximum atomic E-state index is 2.80. The Kier molecular flexibility index (Phi) is 3.61. The van der Waals surface area contributed by atoms with Gasteiger partial charge in [0.25, 0.3) is 0 Å². The van der Waals surface area contributed by atoms with Crippen LogP contribution in [0.15, 0.2) is 0 Å². The number of hydrogen-bond donors (Lipinski definition) is 0. The van der Waals surface area contributed by atoms with Crippen molar-refractivity contribution in [1.82, 2.24) is 0 Å². The Balaban J connectivity index is 2.74. The first kappa shape index (κ1) is 11.4. The predicted octanol–water partition coefficient (Wildman–Crippen LogP) is -1.95. The van der Waals surface area contributed by atoms with Crippen molar-refractivity contribution >= 4 is 52.8 Å². The summed E-state index contributed by atoms with van der Waals surface area (Å²) in [5.74, 6) is 0. The van der Waals surface area contributed by atoms with Gasteiger partial charge in [-0.25, -0.2) is 0 Å². The molecule has 0 nitrogen and oxygen atoms in total. The molecule has 0 amide bonds. The molecule has 0 N–H and O–H groups in total. The van der Waals surface area contributed by atoms with E-state index < -0.39 is 7.59 Å². The van der Waals surface area contributed by atoms with Crippen molar-refractivity contribution in [3.8, 4) is 0 Å². The van der Waals surface area contributed by atoms with E-state index >= 15 is 0 Å². The molecule has 1 aliphatic heterocycles. The van der Waals surface area contributed by atoms with Crippen LogP contribution in [0.1, 0.15) is 0 Å². The molecule has 1 heterocycles. The summed E-state index contributed by atoms with van der Waals surface area (Å²) in [6.07, 6.45) is 0. The molecular weight excluding hydrogens is 241 g/mol. The highest BCUT2D eigenvalue weighted by Crippen LogP contribution is 2.37. The molecule has 1 aliphatic rings. The van der Waals surface area contributed by atoms with Gasteiger partial charge in [-0.3, -0.25) is 0 Å². The average Bonchev–Trinajstić information content (AvgIpc) is 2.25. The SMILES string of the molecule is C[SiH2][Si]1(C)CC([SiH3])[Si](C)(C[SiH3])[SiH2]1. The van der Waals surface area contributed by atoms with Gasteiger partial charge in [0.05, 0.1) is 0 Å². The minimum Gasteiger partial charge on any atom is -0.0768 e. The van der Waals surface area contributed by atoms with Crippen molar-refractivity contribution in [3.05, 3.63) is 0 Å². The van der Waals surface area contributed by atoms with Crippen LogP contribution in [0.25, 0.3) is 0 Å². The van der Waals surface area contributed by atoms with Crippen LogP contribution in [0.4, 0.5) is 0 Å². The molecular formula is C6H24Si6. The van der Waals surface area contributed by atoms with Crippen molar-refractivity contribution < 1.29 is 0 Å². The Labute approximate surface area is 89.2 Å². The molecule has 0 spiro atoms. The fraction of sp³-hybridized carbons (Fsp3) is 1.00. The fourth-order valence-electron chi connectivity index (χ4n) is 2.95. The van der Waals surface area contributed by atoms with E-state index in [4.69, 9.17) is 0 Å². The molecule has 1 fully saturated rings. The highest BCUT2D eigenvalue weighted by atomic mass is 29.8. The van der Waals surface area contributed by atoms with Gasteiger partial charge in [-0.1, -0.05) is 36.5 Å². The lowest BCUT2D eigenvalue weighted by Crippen LogP contribution is -2.49. The van der Waals surface area contributed by atoms with Gasteiger partial charge < -0.3 is 0 Å². The van der Waals surface area contributed by atoms with Gasteiger partial charge in [0.15, 0.2) is 0 Å². The third-order valence-corrected chi connectivity index (χ3v) is 71.4. The van der Waals surface area contributed by atoms with Crippen molar-refractivity contribution in [2.24, 2.45) is 0 Å². The summed E-state index contributed by atoms with van der Waals surface area (Å²) in [6.45, 7) is 8.22. The van der Waals surface area contributed by atoms with Crippen LogP contribution in [0.3, 0.4) is 0 Å². The highest BCUT2D eigenvalue weighted by Gasteiger charge is 2.47. The Hall–Kier alpha value is 1.30. The quantitative estimate of drug-likeness (QED) is 0.509. The lowest BCUT2D eigenvalue weighted by atomic mass is 10.9. The zero-order valence-electron chi connectivity index (χ0n) is 9.41. The largest absolute Gasteiger partial charge is 0.0768 e. The molecule has 3 atom stereocenters. The van der Waals surface area contributed by atoms with Crippen molar-refractivity contribution in [1.29, 1.82) is 0 Å². The minimum absolute atomic E-state index is 0.383. The lowest BCUT2D eigenvalue weighted by molar-refractivity contribution is 1.26. The summed E-state index contributed by atoms with van der Waals surface area (Å²) in [5.41, 5.74) is 1.78. The van der Waals surface area contributed by atoms with Crippen LogP contribution in [-0.4, -0.2) is 52.8 Å². The summed E-state index contributed by atoms with van der Waals surface area (Å²) >= 11 is 0. The van der Waals surface area contributed by atoms with E-state index in [-0.39, 0.29) is 7.11 Å². The Morgan fingerprint density at radius 3 is 2.42 bits per heavy atom. The normalized spacial score (nSPS) is 51.8. The van der Waals surface area contributed by atoms with Crippen molar-refractivity contribution in [2.45, 2.75) is 36.5 Å². The molecule has 0 radical (unpaired) electrons. The van der Waals surface area contributed by atoms with Gasteiger partial charge in [0.2, 0.25) is 0 Å². The molecule has 1 rings (SSSR count). The first-order valence-corrected chi connectivity index (χ1v) is 21.9. The van der Waals surface area contributed by atoms with Crippen LogP contribution < -0.4 is 0 Å². The standard InChI is InChI=1S/C6H24Si6/c1-9-12(3)4-6(8)11(2,5-7)10-12/h6H,4-5,9-10H2,1-3,7-8H3. The van der Waals surface area contributed by atoms with E-state index in [1.165, 1.54) is 15.4 Å². The molecule has 12 heavy (non-hydrogen) atoms. The molecule has 0 aromatic heterocycles. The van der Waals surface area contributed by atoms with Crippen LogP contribution in [0.5, 0.6) is 0 Å². The Morgan fingerprint density at radius 1 is 1.58 bits per heavy atom. The second-order valence-corrected chi connectivity index (χ2v) is 44.7. The lowest BCUT2D eigenvalue weighted by Gasteiger charge is -2.25. The molecule has 0 aromatic rings. The number of hydrogen-bond acceptors (Lipinski definition) is 0. The summed E-state index contributed by atoms with van der Waals surface area (Å²) in [4.78, 5) is 0. The van der Waals surface area contributed by atoms with Crippen LogP contribution in [0, 0.1) is 0 Å². The van der Waals surface area contributed by atoms with Crippen LogP contribution >= 0.6 is 0 Å². The topological polar surface area (TPSA) is 0 Å². The summed E-state index contributed by atoms with van der Waals surface area (Å²) in [6, 6.07) is 1.85. The maximum Gasteiger partial charge on any atom is 0.0304 e. The van der Waals surface area contributed by atoms with E-state index in [1.54, 1.807) is 15.9 Å².